The van der Waals surface area contributed by atoms with Crippen LogP contribution in [0.25, 0.3) is 0 Å². The average Bonchev–Trinajstić information content (AvgIpc) is 2.22. The first-order valence-electron chi connectivity index (χ1n) is 5.94. The number of rotatable bonds is 5. The second-order valence-corrected chi connectivity index (χ2v) is 4.78. The van der Waals surface area contributed by atoms with Crippen molar-refractivity contribution >= 4 is 5.97 Å². The second-order valence-electron chi connectivity index (χ2n) is 4.78. The number of aliphatic carboxylic acids is 1. The van der Waals surface area contributed by atoms with Gasteiger partial charge in [-0.25, -0.2) is 0 Å². The third kappa shape index (κ3) is 3.70. The number of hydrogen-bond acceptors (Lipinski definition) is 2. The maximum Gasteiger partial charge on any atom is 0.401 e. The lowest BCUT2D eigenvalue weighted by Crippen LogP contribution is -2.42. The zero-order valence-electron chi connectivity index (χ0n) is 10.2. The van der Waals surface area contributed by atoms with Crippen molar-refractivity contribution in [2.45, 2.75) is 18.5 Å². The number of carboxylic acids is 1. The molecule has 1 aliphatic rings. The van der Waals surface area contributed by atoms with Gasteiger partial charge < -0.3 is 5.11 Å². The van der Waals surface area contributed by atoms with Gasteiger partial charge in [0, 0.05) is 12.5 Å². The molecule has 19 heavy (non-hydrogen) atoms. The summed E-state index contributed by atoms with van der Waals surface area (Å²) < 4.78 is 37.2. The predicted octanol–water partition coefficient (Wildman–Crippen LogP) is 2.28. The van der Waals surface area contributed by atoms with Crippen LogP contribution in [-0.4, -0.2) is 41.8 Å². The lowest BCUT2D eigenvalue weighted by Gasteiger charge is -2.34. The minimum atomic E-state index is -4.38. The number of carboxylic acid groups (broad SMARTS) is 1. The molecule has 0 amide bonds. The lowest BCUT2D eigenvalue weighted by molar-refractivity contribution is -0.154. The quantitative estimate of drug-likeness (QED) is 0.894. The van der Waals surface area contributed by atoms with Gasteiger partial charge in [-0.2, -0.15) is 13.2 Å². The molecule has 0 spiro atoms. The Morgan fingerprint density at radius 1 is 1.37 bits per heavy atom. The molecule has 1 N–H and O–H groups in total. The number of alkyl halides is 3. The summed E-state index contributed by atoms with van der Waals surface area (Å²) >= 11 is 0. The first-order valence-corrected chi connectivity index (χ1v) is 5.94. The maximum absolute atomic E-state index is 12.4. The van der Waals surface area contributed by atoms with E-state index in [2.05, 4.69) is 0 Å². The molecule has 6 heteroatoms. The minimum absolute atomic E-state index is 0.00194. The van der Waals surface area contributed by atoms with Crippen LogP contribution in [0.5, 0.6) is 0 Å². The SMILES string of the molecule is O=C(O)CN(CC1Cc2ccccc21)CC(F)(F)F. The smallest absolute Gasteiger partial charge is 0.401 e. The van der Waals surface area contributed by atoms with Gasteiger partial charge in [-0.3, -0.25) is 9.69 Å². The molecule has 0 saturated carbocycles. The lowest BCUT2D eigenvalue weighted by atomic mass is 9.77. The molecule has 0 heterocycles. The molecule has 1 unspecified atom stereocenters. The van der Waals surface area contributed by atoms with Gasteiger partial charge in [0.1, 0.15) is 0 Å². The van der Waals surface area contributed by atoms with E-state index < -0.39 is 25.2 Å². The molecular formula is C13H14F3NO2. The fourth-order valence-corrected chi connectivity index (χ4v) is 2.47. The van der Waals surface area contributed by atoms with Crippen LogP contribution in [0.2, 0.25) is 0 Å². The van der Waals surface area contributed by atoms with Gasteiger partial charge in [-0.05, 0) is 17.5 Å². The Kier molecular flexibility index (Phi) is 3.80. The van der Waals surface area contributed by atoms with E-state index in [4.69, 9.17) is 5.11 Å². The van der Waals surface area contributed by atoms with E-state index in [1.165, 1.54) is 0 Å². The molecule has 0 radical (unpaired) electrons. The molecule has 0 fully saturated rings. The summed E-state index contributed by atoms with van der Waals surface area (Å²) in [6.07, 6.45) is -3.66. The number of fused-ring (bicyclic) bond motifs is 1. The monoisotopic (exact) mass is 273 g/mol. The molecule has 1 atom stereocenters. The Morgan fingerprint density at radius 3 is 2.63 bits per heavy atom. The van der Waals surface area contributed by atoms with E-state index in [0.717, 1.165) is 16.0 Å². The molecule has 104 valence electrons. The normalized spacial score (nSPS) is 18.0. The maximum atomic E-state index is 12.4. The van der Waals surface area contributed by atoms with E-state index in [0.29, 0.717) is 6.42 Å². The number of halogens is 3. The van der Waals surface area contributed by atoms with Crippen molar-refractivity contribution in [1.82, 2.24) is 4.90 Å². The Hall–Kier alpha value is -1.56. The second kappa shape index (κ2) is 5.21. The number of carbonyl (C=O) groups is 1. The Balaban J connectivity index is 2.00. The molecule has 3 nitrogen and oxygen atoms in total. The number of nitrogens with zero attached hydrogens (tertiary/aromatic N) is 1. The number of hydrogen-bond donors (Lipinski definition) is 1. The zero-order chi connectivity index (χ0) is 14.0. The molecule has 0 saturated heterocycles. The van der Waals surface area contributed by atoms with Crippen molar-refractivity contribution in [2.75, 3.05) is 19.6 Å². The van der Waals surface area contributed by atoms with Gasteiger partial charge >= 0.3 is 12.1 Å². The molecule has 1 aromatic carbocycles. The Bertz CT molecular complexity index is 473. The first kappa shape index (κ1) is 13.9. The highest BCUT2D eigenvalue weighted by atomic mass is 19.4. The summed E-state index contributed by atoms with van der Waals surface area (Å²) in [5, 5.41) is 8.67. The number of benzene rings is 1. The van der Waals surface area contributed by atoms with Crippen LogP contribution in [0.15, 0.2) is 24.3 Å². The van der Waals surface area contributed by atoms with Crippen molar-refractivity contribution in [2.24, 2.45) is 0 Å². The van der Waals surface area contributed by atoms with Gasteiger partial charge in [-0.1, -0.05) is 24.3 Å². The van der Waals surface area contributed by atoms with Crippen LogP contribution >= 0.6 is 0 Å². The van der Waals surface area contributed by atoms with E-state index in [1.807, 2.05) is 24.3 Å². The Labute approximate surface area is 108 Å². The summed E-state index contributed by atoms with van der Waals surface area (Å²) in [7, 11) is 0. The van der Waals surface area contributed by atoms with Crippen molar-refractivity contribution in [3.63, 3.8) is 0 Å². The molecule has 1 aromatic rings. The summed E-state index contributed by atoms with van der Waals surface area (Å²) in [5.74, 6) is -1.24. The van der Waals surface area contributed by atoms with Crippen molar-refractivity contribution < 1.29 is 23.1 Å². The van der Waals surface area contributed by atoms with Gasteiger partial charge in [0.2, 0.25) is 0 Å². The van der Waals surface area contributed by atoms with Crippen molar-refractivity contribution in [1.29, 1.82) is 0 Å². The first-order chi connectivity index (χ1) is 8.85. The third-order valence-electron chi connectivity index (χ3n) is 3.20. The van der Waals surface area contributed by atoms with Gasteiger partial charge in [0.25, 0.3) is 0 Å². The van der Waals surface area contributed by atoms with Gasteiger partial charge in [0.15, 0.2) is 0 Å². The summed E-state index contributed by atoms with van der Waals surface area (Å²) in [5.41, 5.74) is 2.16. The molecule has 0 bridgehead atoms. The van der Waals surface area contributed by atoms with Crippen LogP contribution in [0, 0.1) is 0 Å². The van der Waals surface area contributed by atoms with Crippen molar-refractivity contribution in [3.05, 3.63) is 35.4 Å². The Morgan fingerprint density at radius 2 is 2.05 bits per heavy atom. The van der Waals surface area contributed by atoms with E-state index >= 15 is 0 Å². The molecular weight excluding hydrogens is 259 g/mol. The predicted molar refractivity (Wildman–Crippen MR) is 63.0 cm³/mol. The highest BCUT2D eigenvalue weighted by Gasteiger charge is 2.34. The zero-order valence-corrected chi connectivity index (χ0v) is 10.2. The molecule has 0 aliphatic heterocycles. The van der Waals surface area contributed by atoms with Gasteiger partial charge in [0.05, 0.1) is 13.1 Å². The largest absolute Gasteiger partial charge is 0.480 e. The highest BCUT2D eigenvalue weighted by Crippen LogP contribution is 2.35. The fourth-order valence-electron chi connectivity index (χ4n) is 2.47. The van der Waals surface area contributed by atoms with Crippen LogP contribution in [-0.2, 0) is 11.2 Å². The van der Waals surface area contributed by atoms with E-state index in [9.17, 15) is 18.0 Å². The van der Waals surface area contributed by atoms with Crippen molar-refractivity contribution in [3.8, 4) is 0 Å². The summed E-state index contributed by atoms with van der Waals surface area (Å²) in [6.45, 7) is -1.64. The average molecular weight is 273 g/mol. The van der Waals surface area contributed by atoms with E-state index in [1.54, 1.807) is 0 Å². The molecule has 1 aliphatic carbocycles. The van der Waals surface area contributed by atoms with Crippen LogP contribution in [0.4, 0.5) is 13.2 Å². The van der Waals surface area contributed by atoms with Crippen LogP contribution < -0.4 is 0 Å². The van der Waals surface area contributed by atoms with Crippen LogP contribution in [0.3, 0.4) is 0 Å². The third-order valence-corrected chi connectivity index (χ3v) is 3.20. The molecule has 0 aromatic heterocycles. The van der Waals surface area contributed by atoms with Crippen LogP contribution in [0.1, 0.15) is 17.0 Å². The fraction of sp³-hybridized carbons (Fsp3) is 0.462. The summed E-state index contributed by atoms with van der Waals surface area (Å²) in [6, 6.07) is 7.56. The topological polar surface area (TPSA) is 40.5 Å². The standard InChI is InChI=1S/C13H14F3NO2/c14-13(15,16)8-17(7-12(18)19)6-10-5-9-3-1-2-4-11(9)10/h1-4,10H,5-8H2,(H,18,19). The molecule has 2 rings (SSSR count). The minimum Gasteiger partial charge on any atom is -0.480 e. The summed E-state index contributed by atoms with van der Waals surface area (Å²) in [4.78, 5) is 11.6. The highest BCUT2D eigenvalue weighted by molar-refractivity contribution is 5.69. The van der Waals surface area contributed by atoms with Gasteiger partial charge in [-0.15, -0.1) is 0 Å². The van der Waals surface area contributed by atoms with E-state index in [-0.39, 0.29) is 12.5 Å².